The minimum Gasteiger partial charge on any atom is -0.480 e. The van der Waals surface area contributed by atoms with Gasteiger partial charge >= 0.3 is 5.97 Å². The lowest BCUT2D eigenvalue weighted by atomic mass is 10.1. The normalized spacial score (nSPS) is 21.7. The number of rotatable bonds is 5. The van der Waals surface area contributed by atoms with Gasteiger partial charge in [-0.1, -0.05) is 13.8 Å². The van der Waals surface area contributed by atoms with Crippen LogP contribution in [-0.2, 0) is 17.6 Å². The zero-order chi connectivity index (χ0) is 19.1. The zero-order valence-electron chi connectivity index (χ0n) is 15.4. The number of aliphatic hydroxyl groups excluding tert-OH is 1. The molecule has 0 bridgehead atoms. The summed E-state index contributed by atoms with van der Waals surface area (Å²) in [5.41, 5.74) is 3.02. The van der Waals surface area contributed by atoms with Crippen LogP contribution >= 0.6 is 0 Å². The summed E-state index contributed by atoms with van der Waals surface area (Å²) in [6, 6.07) is 1.14. The Labute approximate surface area is 156 Å². The number of carboxylic acid groups (broad SMARTS) is 1. The van der Waals surface area contributed by atoms with Crippen LogP contribution in [-0.4, -0.2) is 55.0 Å². The fourth-order valence-corrected chi connectivity index (χ4v) is 3.74. The minimum atomic E-state index is -0.973. The van der Waals surface area contributed by atoms with E-state index >= 15 is 0 Å². The summed E-state index contributed by atoms with van der Waals surface area (Å²) in [6.45, 7) is 4.39. The highest BCUT2D eigenvalue weighted by Gasteiger charge is 2.38. The van der Waals surface area contributed by atoms with Gasteiger partial charge < -0.3 is 20.4 Å². The molecule has 4 N–H and O–H groups in total. The Kier molecular flexibility index (Phi) is 4.47. The lowest BCUT2D eigenvalue weighted by Gasteiger charge is -2.22. The average Bonchev–Trinajstić information content (AvgIpc) is 3.33. The third kappa shape index (κ3) is 3.34. The van der Waals surface area contributed by atoms with E-state index in [1.807, 2.05) is 6.07 Å². The molecule has 0 aromatic carbocycles. The summed E-state index contributed by atoms with van der Waals surface area (Å²) in [5.74, 6) is 1.05. The molecule has 144 valence electrons. The smallest absolute Gasteiger partial charge is 0.326 e. The second-order valence-corrected chi connectivity index (χ2v) is 7.54. The molecule has 2 atom stereocenters. The van der Waals surface area contributed by atoms with E-state index in [9.17, 15) is 15.0 Å². The van der Waals surface area contributed by atoms with Crippen molar-refractivity contribution in [3.63, 3.8) is 0 Å². The molecule has 27 heavy (non-hydrogen) atoms. The molecule has 1 aliphatic heterocycles. The van der Waals surface area contributed by atoms with E-state index in [-0.39, 0.29) is 13.0 Å². The molecule has 0 saturated carbocycles. The SMILES string of the molecule is CC(C)c1cc(Nc2nc(N3C[C@H](O)C[C@H]3C(=O)O)nc3c2CCC3)n[nH]1. The Hall–Kier alpha value is -2.68. The van der Waals surface area contributed by atoms with Crippen LogP contribution in [0.1, 0.15) is 49.6 Å². The second kappa shape index (κ2) is 6.80. The van der Waals surface area contributed by atoms with E-state index in [2.05, 4.69) is 39.3 Å². The van der Waals surface area contributed by atoms with Crippen LogP contribution in [0, 0.1) is 0 Å². The molecule has 3 heterocycles. The maximum absolute atomic E-state index is 11.6. The van der Waals surface area contributed by atoms with E-state index < -0.39 is 18.1 Å². The van der Waals surface area contributed by atoms with E-state index in [4.69, 9.17) is 0 Å². The third-order valence-electron chi connectivity index (χ3n) is 5.21. The first-order valence-corrected chi connectivity index (χ1v) is 9.32. The van der Waals surface area contributed by atoms with Gasteiger partial charge in [-0.15, -0.1) is 0 Å². The number of hydrogen-bond donors (Lipinski definition) is 4. The molecule has 1 aliphatic carbocycles. The number of hydrogen-bond acceptors (Lipinski definition) is 7. The highest BCUT2D eigenvalue weighted by molar-refractivity contribution is 5.78. The van der Waals surface area contributed by atoms with Crippen LogP contribution in [0.15, 0.2) is 6.07 Å². The van der Waals surface area contributed by atoms with Gasteiger partial charge in [0.25, 0.3) is 0 Å². The van der Waals surface area contributed by atoms with E-state index in [0.717, 1.165) is 36.2 Å². The Balaban J connectivity index is 1.68. The number of β-amino-alcohol motifs (C(OH)–C–C–N with tert-alkyl or cyclic N) is 1. The second-order valence-electron chi connectivity index (χ2n) is 7.54. The molecule has 0 amide bonds. The summed E-state index contributed by atoms with van der Waals surface area (Å²) in [7, 11) is 0. The van der Waals surface area contributed by atoms with Gasteiger partial charge in [-0.3, -0.25) is 5.10 Å². The molecule has 2 aromatic heterocycles. The van der Waals surface area contributed by atoms with Crippen LogP contribution in [0.5, 0.6) is 0 Å². The predicted molar refractivity (Wildman–Crippen MR) is 99.4 cm³/mol. The first-order chi connectivity index (χ1) is 12.9. The van der Waals surface area contributed by atoms with Crippen LogP contribution in [0.3, 0.4) is 0 Å². The lowest BCUT2D eigenvalue weighted by Crippen LogP contribution is -2.37. The molecule has 1 fully saturated rings. The van der Waals surface area contributed by atoms with Crippen molar-refractivity contribution < 1.29 is 15.0 Å². The summed E-state index contributed by atoms with van der Waals surface area (Å²) in [5, 5.41) is 30.0. The van der Waals surface area contributed by atoms with Gasteiger partial charge in [0.2, 0.25) is 5.95 Å². The summed E-state index contributed by atoms with van der Waals surface area (Å²) >= 11 is 0. The van der Waals surface area contributed by atoms with Gasteiger partial charge in [0.15, 0.2) is 5.82 Å². The van der Waals surface area contributed by atoms with E-state index in [0.29, 0.717) is 23.5 Å². The molecule has 0 unspecified atom stereocenters. The molecule has 4 rings (SSSR count). The van der Waals surface area contributed by atoms with Crippen LogP contribution in [0.2, 0.25) is 0 Å². The average molecular weight is 372 g/mol. The van der Waals surface area contributed by atoms with Gasteiger partial charge in [0.1, 0.15) is 11.9 Å². The Morgan fingerprint density at radius 3 is 2.89 bits per heavy atom. The zero-order valence-corrected chi connectivity index (χ0v) is 15.4. The number of aryl methyl sites for hydroxylation is 1. The van der Waals surface area contributed by atoms with Crippen molar-refractivity contribution in [1.82, 2.24) is 20.2 Å². The van der Waals surface area contributed by atoms with Gasteiger partial charge in [-0.2, -0.15) is 10.1 Å². The molecule has 0 spiro atoms. The highest BCUT2D eigenvalue weighted by Crippen LogP contribution is 2.32. The Bertz CT molecular complexity index is 865. The molecule has 9 heteroatoms. The predicted octanol–water partition coefficient (Wildman–Crippen LogP) is 1.58. The van der Waals surface area contributed by atoms with Gasteiger partial charge in [0, 0.05) is 30.3 Å². The maximum atomic E-state index is 11.6. The molecular weight excluding hydrogens is 348 g/mol. The number of aromatic nitrogens is 4. The number of nitrogens with zero attached hydrogens (tertiary/aromatic N) is 4. The van der Waals surface area contributed by atoms with Gasteiger partial charge in [-0.25, -0.2) is 9.78 Å². The van der Waals surface area contributed by atoms with Crippen molar-refractivity contribution in [2.75, 3.05) is 16.8 Å². The van der Waals surface area contributed by atoms with E-state index in [1.165, 1.54) is 0 Å². The fourth-order valence-electron chi connectivity index (χ4n) is 3.74. The van der Waals surface area contributed by atoms with Crippen molar-refractivity contribution in [2.24, 2.45) is 0 Å². The Morgan fingerprint density at radius 1 is 1.37 bits per heavy atom. The first-order valence-electron chi connectivity index (χ1n) is 9.32. The number of H-pyrrole nitrogens is 1. The maximum Gasteiger partial charge on any atom is 0.326 e. The van der Waals surface area contributed by atoms with E-state index in [1.54, 1.807) is 4.90 Å². The molecule has 9 nitrogen and oxygen atoms in total. The van der Waals surface area contributed by atoms with Gasteiger partial charge in [-0.05, 0) is 25.2 Å². The largest absolute Gasteiger partial charge is 0.480 e. The first kappa shape index (κ1) is 17.7. The van der Waals surface area contributed by atoms with Crippen LogP contribution < -0.4 is 10.2 Å². The number of carbonyl (C=O) groups is 1. The van der Waals surface area contributed by atoms with Crippen LogP contribution in [0.25, 0.3) is 0 Å². The minimum absolute atomic E-state index is 0.176. The fraction of sp³-hybridized carbons (Fsp3) is 0.556. The lowest BCUT2D eigenvalue weighted by molar-refractivity contribution is -0.138. The number of aromatic amines is 1. The number of nitrogens with one attached hydrogen (secondary N) is 2. The molecule has 1 saturated heterocycles. The highest BCUT2D eigenvalue weighted by atomic mass is 16.4. The summed E-state index contributed by atoms with van der Waals surface area (Å²) in [4.78, 5) is 22.4. The van der Waals surface area contributed by atoms with Crippen molar-refractivity contribution in [3.8, 4) is 0 Å². The number of carboxylic acids is 1. The van der Waals surface area contributed by atoms with Gasteiger partial charge in [0.05, 0.1) is 11.8 Å². The number of aliphatic hydroxyl groups is 1. The molecular formula is C18H24N6O3. The molecule has 0 radical (unpaired) electrons. The number of anilines is 3. The quantitative estimate of drug-likeness (QED) is 0.623. The van der Waals surface area contributed by atoms with Crippen molar-refractivity contribution in [2.45, 2.75) is 57.6 Å². The number of fused-ring (bicyclic) bond motifs is 1. The van der Waals surface area contributed by atoms with Crippen molar-refractivity contribution in [1.29, 1.82) is 0 Å². The van der Waals surface area contributed by atoms with Crippen molar-refractivity contribution >= 4 is 23.6 Å². The summed E-state index contributed by atoms with van der Waals surface area (Å²) in [6.07, 6.45) is 2.19. The Morgan fingerprint density at radius 2 is 2.19 bits per heavy atom. The summed E-state index contributed by atoms with van der Waals surface area (Å²) < 4.78 is 0. The third-order valence-corrected chi connectivity index (χ3v) is 5.21. The molecule has 2 aromatic rings. The molecule has 2 aliphatic rings. The van der Waals surface area contributed by atoms with Crippen molar-refractivity contribution in [3.05, 3.63) is 23.0 Å². The topological polar surface area (TPSA) is 127 Å². The monoisotopic (exact) mass is 372 g/mol. The number of aliphatic carboxylic acids is 1. The van der Waals surface area contributed by atoms with Crippen LogP contribution in [0.4, 0.5) is 17.6 Å². The standard InChI is InChI=1S/C18H24N6O3/c1-9(2)13-7-15(23-22-13)20-16-11-4-3-5-12(11)19-18(21-16)24-8-10(25)6-14(24)17(26)27/h7,9-10,14,25H,3-6,8H2,1-2H3,(H,26,27)(H2,19,20,21,22,23)/t10-,14+/m1/s1.